The summed E-state index contributed by atoms with van der Waals surface area (Å²) in [6.07, 6.45) is -0.403. The fourth-order valence-corrected chi connectivity index (χ4v) is 1.75. The van der Waals surface area contributed by atoms with Gasteiger partial charge in [0.15, 0.2) is 6.10 Å². The predicted molar refractivity (Wildman–Crippen MR) is 69.2 cm³/mol. The lowest BCUT2D eigenvalue weighted by Gasteiger charge is -2.19. The van der Waals surface area contributed by atoms with Crippen LogP contribution in [0.1, 0.15) is 12.5 Å². The summed E-state index contributed by atoms with van der Waals surface area (Å²) in [7, 11) is -5.69. The zero-order valence-electron chi connectivity index (χ0n) is 10.7. The van der Waals surface area contributed by atoms with Gasteiger partial charge in [-0.25, -0.2) is 4.79 Å². The monoisotopic (exact) mass is 322 g/mol. The quantitative estimate of drug-likeness (QED) is 0.487. The van der Waals surface area contributed by atoms with Gasteiger partial charge in [-0.15, -0.1) is 0 Å². The average molecular weight is 322 g/mol. The molecule has 0 bridgehead atoms. The van der Waals surface area contributed by atoms with Crippen molar-refractivity contribution in [1.82, 2.24) is 0 Å². The van der Waals surface area contributed by atoms with Crippen LogP contribution in [0.2, 0.25) is 0 Å². The molecule has 0 saturated heterocycles. The number of hydrogen-bond acceptors (Lipinski definition) is 5. The highest BCUT2D eigenvalue weighted by Crippen LogP contribution is 2.27. The van der Waals surface area contributed by atoms with Gasteiger partial charge in [-0.1, -0.05) is 12.1 Å². The molecule has 21 heavy (non-hydrogen) atoms. The molecule has 2 N–H and O–H groups in total. The maximum atomic E-state index is 13.1. The first-order valence-electron chi connectivity index (χ1n) is 5.56. The number of rotatable bonds is 5. The highest BCUT2D eigenvalue weighted by molar-refractivity contribution is 7.86. The number of ether oxygens (including phenoxy) is 1. The van der Waals surface area contributed by atoms with Crippen LogP contribution < -0.4 is 0 Å². The molecule has 9 heteroatoms. The number of halogens is 2. The van der Waals surface area contributed by atoms with E-state index in [0.29, 0.717) is 12.5 Å². The molecule has 1 aromatic rings. The van der Waals surface area contributed by atoms with Crippen molar-refractivity contribution < 1.29 is 36.4 Å². The van der Waals surface area contributed by atoms with Gasteiger partial charge in [0.1, 0.15) is 5.75 Å². The van der Waals surface area contributed by atoms with Crippen molar-refractivity contribution in [3.63, 3.8) is 0 Å². The molecule has 0 spiro atoms. The first-order chi connectivity index (χ1) is 9.54. The van der Waals surface area contributed by atoms with Gasteiger partial charge in [-0.05, 0) is 30.7 Å². The number of aromatic hydroxyl groups is 1. The van der Waals surface area contributed by atoms with E-state index in [1.165, 1.54) is 30.3 Å². The van der Waals surface area contributed by atoms with Crippen molar-refractivity contribution in [3.05, 3.63) is 35.9 Å². The van der Waals surface area contributed by atoms with Gasteiger partial charge < -0.3 is 9.84 Å². The van der Waals surface area contributed by atoms with Crippen LogP contribution in [-0.4, -0.2) is 35.4 Å². The molecule has 0 amide bonds. The lowest BCUT2D eigenvalue weighted by molar-refractivity contribution is -0.153. The number of esters is 1. The Morgan fingerprint density at radius 2 is 2.05 bits per heavy atom. The molecule has 0 aliphatic carbocycles. The standard InChI is InChI=1S/C12H12F2O6S/c1-8(12(13,14)21(17,18)19)20-11(16)6-5-9-3-2-4-10(15)7-9/h2-8,15H,1H3,(H,17,18,19)/b6-5+. The second-order valence-corrected chi connectivity index (χ2v) is 5.54. The fourth-order valence-electron chi connectivity index (χ4n) is 1.28. The molecule has 1 rings (SSSR count). The van der Waals surface area contributed by atoms with E-state index in [1.807, 2.05) is 0 Å². The molecule has 0 aliphatic rings. The Labute approximate surface area is 119 Å². The maximum Gasteiger partial charge on any atom is 0.405 e. The molecule has 0 heterocycles. The lowest BCUT2D eigenvalue weighted by Crippen LogP contribution is -2.41. The van der Waals surface area contributed by atoms with Crippen molar-refractivity contribution in [2.45, 2.75) is 18.3 Å². The van der Waals surface area contributed by atoms with Gasteiger partial charge in [0.25, 0.3) is 0 Å². The summed E-state index contributed by atoms with van der Waals surface area (Å²) in [5.74, 6) is -1.29. The molecule has 0 saturated carbocycles. The molecule has 0 aliphatic heterocycles. The van der Waals surface area contributed by atoms with E-state index in [4.69, 9.17) is 4.55 Å². The third kappa shape index (κ3) is 4.50. The van der Waals surface area contributed by atoms with Gasteiger partial charge in [0.2, 0.25) is 0 Å². The molecule has 1 unspecified atom stereocenters. The van der Waals surface area contributed by atoms with Crippen LogP contribution in [0.25, 0.3) is 6.08 Å². The van der Waals surface area contributed by atoms with Crippen LogP contribution in [0.4, 0.5) is 8.78 Å². The minimum absolute atomic E-state index is 0.0585. The van der Waals surface area contributed by atoms with Crippen molar-refractivity contribution in [1.29, 1.82) is 0 Å². The molecule has 6 nitrogen and oxygen atoms in total. The maximum absolute atomic E-state index is 13.1. The van der Waals surface area contributed by atoms with E-state index < -0.39 is 27.4 Å². The number of alkyl halides is 2. The first kappa shape index (κ1) is 17.1. The summed E-state index contributed by atoms with van der Waals surface area (Å²) >= 11 is 0. The number of benzene rings is 1. The van der Waals surface area contributed by atoms with E-state index in [2.05, 4.69) is 4.74 Å². The first-order valence-corrected chi connectivity index (χ1v) is 7.00. The third-order valence-electron chi connectivity index (χ3n) is 2.39. The smallest absolute Gasteiger partial charge is 0.405 e. The number of carbonyl (C=O) groups excluding carboxylic acids is 1. The number of hydrogen-bond donors (Lipinski definition) is 2. The van der Waals surface area contributed by atoms with E-state index in [9.17, 15) is 27.1 Å². The van der Waals surface area contributed by atoms with E-state index in [-0.39, 0.29) is 5.75 Å². The summed E-state index contributed by atoms with van der Waals surface area (Å²) in [6, 6.07) is 5.72. The zero-order chi connectivity index (χ0) is 16.3. The van der Waals surface area contributed by atoms with Crippen LogP contribution in [0.3, 0.4) is 0 Å². The topological polar surface area (TPSA) is 101 Å². The summed E-state index contributed by atoms with van der Waals surface area (Å²) in [5, 5.41) is 4.57. The van der Waals surface area contributed by atoms with Gasteiger partial charge >= 0.3 is 21.3 Å². The van der Waals surface area contributed by atoms with E-state index in [1.54, 1.807) is 0 Å². The minimum Gasteiger partial charge on any atom is -0.508 e. The highest BCUT2D eigenvalue weighted by atomic mass is 32.2. The highest BCUT2D eigenvalue weighted by Gasteiger charge is 2.51. The summed E-state index contributed by atoms with van der Waals surface area (Å²) in [6.45, 7) is 0.633. The van der Waals surface area contributed by atoms with E-state index >= 15 is 0 Å². The Bertz CT molecular complexity index is 653. The summed E-state index contributed by atoms with van der Waals surface area (Å²) < 4.78 is 59.7. The molecule has 1 atom stereocenters. The van der Waals surface area contributed by atoms with E-state index in [0.717, 1.165) is 6.08 Å². The Kier molecular flexibility index (Phi) is 5.02. The summed E-state index contributed by atoms with van der Waals surface area (Å²) in [4.78, 5) is 11.3. The fraction of sp³-hybridized carbons (Fsp3) is 0.250. The molecule has 0 fully saturated rings. The number of carbonyl (C=O) groups is 1. The van der Waals surface area contributed by atoms with Crippen LogP contribution in [0, 0.1) is 0 Å². The molecular weight excluding hydrogens is 310 g/mol. The second kappa shape index (κ2) is 6.19. The van der Waals surface area contributed by atoms with Crippen LogP contribution in [0.15, 0.2) is 30.3 Å². The van der Waals surface area contributed by atoms with Gasteiger partial charge in [0.05, 0.1) is 0 Å². The van der Waals surface area contributed by atoms with Crippen LogP contribution in [-0.2, 0) is 19.6 Å². The molecule has 116 valence electrons. The molecular formula is C12H12F2O6S. The van der Waals surface area contributed by atoms with Crippen molar-refractivity contribution in [3.8, 4) is 5.75 Å². The third-order valence-corrected chi connectivity index (χ3v) is 3.41. The normalized spacial score (nSPS) is 14.1. The van der Waals surface area contributed by atoms with Crippen LogP contribution >= 0.6 is 0 Å². The lowest BCUT2D eigenvalue weighted by atomic mass is 10.2. The minimum atomic E-state index is -5.69. The van der Waals surface area contributed by atoms with Crippen LogP contribution in [0.5, 0.6) is 5.75 Å². The average Bonchev–Trinajstić information content (AvgIpc) is 2.35. The summed E-state index contributed by atoms with van der Waals surface area (Å²) in [5.41, 5.74) is 0.404. The molecule has 1 aromatic carbocycles. The van der Waals surface area contributed by atoms with Gasteiger partial charge in [-0.2, -0.15) is 17.2 Å². The van der Waals surface area contributed by atoms with Gasteiger partial charge in [-0.3, -0.25) is 4.55 Å². The Hall–Kier alpha value is -2.00. The SMILES string of the molecule is CC(OC(=O)/C=C/c1cccc(O)c1)C(F)(F)S(=O)(=O)O. The van der Waals surface area contributed by atoms with Crippen molar-refractivity contribution in [2.24, 2.45) is 0 Å². The number of phenols is 1. The Morgan fingerprint density at radius 3 is 2.57 bits per heavy atom. The molecule has 0 aromatic heterocycles. The van der Waals surface area contributed by atoms with Crippen molar-refractivity contribution in [2.75, 3.05) is 0 Å². The van der Waals surface area contributed by atoms with Crippen molar-refractivity contribution >= 4 is 22.2 Å². The zero-order valence-corrected chi connectivity index (χ0v) is 11.5. The Balaban J connectivity index is 2.74. The predicted octanol–water partition coefficient (Wildman–Crippen LogP) is 1.82. The Morgan fingerprint density at radius 1 is 1.43 bits per heavy atom. The molecule has 0 radical (unpaired) electrons. The van der Waals surface area contributed by atoms with Gasteiger partial charge in [0, 0.05) is 6.08 Å². The number of phenolic OH excluding ortho intramolecular Hbond substituents is 1. The largest absolute Gasteiger partial charge is 0.508 e. The second-order valence-electron chi connectivity index (χ2n) is 4.04.